The maximum absolute atomic E-state index is 12.7. The van der Waals surface area contributed by atoms with Gasteiger partial charge in [-0.3, -0.25) is 9.48 Å². The van der Waals surface area contributed by atoms with Crippen molar-refractivity contribution in [1.82, 2.24) is 19.0 Å². The predicted molar refractivity (Wildman–Crippen MR) is 84.6 cm³/mol. The number of carbonyl (C=O) groups excluding carboxylic acids is 1. The number of aryl methyl sites for hydroxylation is 1. The highest BCUT2D eigenvalue weighted by Crippen LogP contribution is 2.31. The number of piperazine rings is 1. The first-order valence-corrected chi connectivity index (χ1v) is 9.90. The van der Waals surface area contributed by atoms with Gasteiger partial charge in [0.2, 0.25) is 10.0 Å². The van der Waals surface area contributed by atoms with Crippen molar-refractivity contribution in [2.45, 2.75) is 43.9 Å². The van der Waals surface area contributed by atoms with Crippen molar-refractivity contribution >= 4 is 15.9 Å². The van der Waals surface area contributed by atoms with Crippen molar-refractivity contribution in [3.63, 3.8) is 0 Å². The molecule has 1 aromatic rings. The van der Waals surface area contributed by atoms with E-state index in [9.17, 15) is 13.2 Å². The summed E-state index contributed by atoms with van der Waals surface area (Å²) >= 11 is 0. The summed E-state index contributed by atoms with van der Waals surface area (Å²) in [4.78, 5) is 14.5. The lowest BCUT2D eigenvalue weighted by Gasteiger charge is -2.34. The van der Waals surface area contributed by atoms with Crippen LogP contribution in [0.15, 0.2) is 6.20 Å². The zero-order valence-electron chi connectivity index (χ0n) is 13.1. The van der Waals surface area contributed by atoms with Gasteiger partial charge < -0.3 is 4.90 Å². The molecule has 23 heavy (non-hydrogen) atoms. The molecule has 1 aliphatic carbocycles. The van der Waals surface area contributed by atoms with E-state index in [0.29, 0.717) is 31.7 Å². The molecule has 1 aromatic heterocycles. The number of sulfonamides is 1. The molecule has 1 saturated carbocycles. The van der Waals surface area contributed by atoms with Crippen LogP contribution in [0, 0.1) is 0 Å². The topological polar surface area (TPSA) is 75.5 Å². The van der Waals surface area contributed by atoms with Crippen LogP contribution in [0.2, 0.25) is 0 Å². The first-order chi connectivity index (χ1) is 11.1. The molecular weight excluding hydrogens is 316 g/mol. The Balaban J connectivity index is 1.44. The Bertz CT molecular complexity index is 715. The van der Waals surface area contributed by atoms with E-state index in [1.165, 1.54) is 0 Å². The monoisotopic (exact) mass is 338 g/mol. The average Bonchev–Trinajstić information content (AvgIpc) is 3.35. The molecule has 126 valence electrons. The summed E-state index contributed by atoms with van der Waals surface area (Å²) < 4.78 is 28.0. The lowest BCUT2D eigenvalue weighted by Crippen LogP contribution is -2.51. The van der Waals surface area contributed by atoms with Crippen LogP contribution in [0.3, 0.4) is 0 Å². The van der Waals surface area contributed by atoms with Crippen molar-refractivity contribution in [1.29, 1.82) is 0 Å². The number of fused-ring (bicyclic) bond motifs is 1. The van der Waals surface area contributed by atoms with Gasteiger partial charge in [0.1, 0.15) is 0 Å². The van der Waals surface area contributed by atoms with Crippen LogP contribution in [0.5, 0.6) is 0 Å². The highest BCUT2D eigenvalue weighted by molar-refractivity contribution is 7.90. The molecule has 1 amide bonds. The quantitative estimate of drug-likeness (QED) is 0.803. The molecule has 8 heteroatoms. The minimum Gasteiger partial charge on any atom is -0.336 e. The number of carbonyl (C=O) groups is 1. The SMILES string of the molecule is O=C(c1cnn2c1CCCC2)N1CCN(S(=O)(=O)C2CC2)CC1. The average molecular weight is 338 g/mol. The zero-order chi connectivity index (χ0) is 16.0. The summed E-state index contributed by atoms with van der Waals surface area (Å²) in [5, 5.41) is 4.15. The molecule has 7 nitrogen and oxygen atoms in total. The number of rotatable bonds is 3. The molecule has 0 N–H and O–H groups in total. The number of amides is 1. The minimum absolute atomic E-state index is 0.00313. The molecular formula is C15H22N4O3S. The molecule has 0 radical (unpaired) electrons. The number of hydrogen-bond donors (Lipinski definition) is 0. The summed E-state index contributed by atoms with van der Waals surface area (Å²) in [6.45, 7) is 2.64. The Morgan fingerprint density at radius 1 is 1.09 bits per heavy atom. The molecule has 0 atom stereocenters. The third kappa shape index (κ3) is 2.67. The van der Waals surface area contributed by atoms with Gasteiger partial charge in [0.15, 0.2) is 0 Å². The fourth-order valence-electron chi connectivity index (χ4n) is 3.49. The molecule has 2 fully saturated rings. The molecule has 3 aliphatic rings. The molecule has 2 aliphatic heterocycles. The zero-order valence-corrected chi connectivity index (χ0v) is 14.0. The van der Waals surface area contributed by atoms with E-state index in [4.69, 9.17) is 0 Å². The maximum atomic E-state index is 12.7. The van der Waals surface area contributed by atoms with Crippen LogP contribution < -0.4 is 0 Å². The van der Waals surface area contributed by atoms with Crippen molar-refractivity contribution in [2.75, 3.05) is 26.2 Å². The second-order valence-corrected chi connectivity index (χ2v) is 8.83. The van der Waals surface area contributed by atoms with Gasteiger partial charge in [-0.1, -0.05) is 0 Å². The van der Waals surface area contributed by atoms with Gasteiger partial charge in [-0.05, 0) is 32.1 Å². The highest BCUT2D eigenvalue weighted by atomic mass is 32.2. The summed E-state index contributed by atoms with van der Waals surface area (Å²) in [7, 11) is -3.13. The van der Waals surface area contributed by atoms with E-state index >= 15 is 0 Å². The summed E-state index contributed by atoms with van der Waals surface area (Å²) in [5.74, 6) is -0.00313. The molecule has 4 rings (SSSR count). The van der Waals surface area contributed by atoms with E-state index < -0.39 is 10.0 Å². The van der Waals surface area contributed by atoms with E-state index in [2.05, 4.69) is 5.10 Å². The van der Waals surface area contributed by atoms with Crippen LogP contribution in [0.4, 0.5) is 0 Å². The standard InChI is InChI=1S/C15H22N4O3S/c20-15(13-11-16-19-6-2-1-3-14(13)19)17-7-9-18(10-8-17)23(21,22)12-4-5-12/h11-12H,1-10H2. The Kier molecular flexibility index (Phi) is 3.68. The largest absolute Gasteiger partial charge is 0.336 e. The van der Waals surface area contributed by atoms with Crippen molar-refractivity contribution in [3.05, 3.63) is 17.5 Å². The predicted octanol–water partition coefficient (Wildman–Crippen LogP) is 0.469. The van der Waals surface area contributed by atoms with Crippen LogP contribution in [-0.2, 0) is 23.0 Å². The molecule has 0 spiro atoms. The van der Waals surface area contributed by atoms with E-state index in [1.54, 1.807) is 15.4 Å². The first-order valence-electron chi connectivity index (χ1n) is 8.40. The van der Waals surface area contributed by atoms with E-state index in [-0.39, 0.29) is 11.2 Å². The number of hydrogen-bond acceptors (Lipinski definition) is 4. The first kappa shape index (κ1) is 15.1. The van der Waals surface area contributed by atoms with Gasteiger partial charge >= 0.3 is 0 Å². The third-order valence-electron chi connectivity index (χ3n) is 5.04. The molecule has 0 bridgehead atoms. The van der Waals surface area contributed by atoms with Gasteiger partial charge in [-0.15, -0.1) is 0 Å². The Morgan fingerprint density at radius 3 is 2.52 bits per heavy atom. The van der Waals surface area contributed by atoms with Crippen molar-refractivity contribution < 1.29 is 13.2 Å². The van der Waals surface area contributed by atoms with Crippen molar-refractivity contribution in [2.24, 2.45) is 0 Å². The minimum atomic E-state index is -3.13. The van der Waals surface area contributed by atoms with Crippen LogP contribution in [0.25, 0.3) is 0 Å². The number of nitrogens with zero attached hydrogens (tertiary/aromatic N) is 4. The summed E-state index contributed by atoms with van der Waals surface area (Å²) in [5.41, 5.74) is 1.73. The maximum Gasteiger partial charge on any atom is 0.257 e. The fraction of sp³-hybridized carbons (Fsp3) is 0.733. The fourth-order valence-corrected chi connectivity index (χ4v) is 5.32. The smallest absolute Gasteiger partial charge is 0.257 e. The lowest BCUT2D eigenvalue weighted by atomic mass is 10.1. The second-order valence-electron chi connectivity index (χ2n) is 6.62. The van der Waals surface area contributed by atoms with Gasteiger partial charge in [0.25, 0.3) is 5.91 Å². The van der Waals surface area contributed by atoms with Crippen LogP contribution >= 0.6 is 0 Å². The summed E-state index contributed by atoms with van der Waals surface area (Å²) in [6, 6.07) is 0. The van der Waals surface area contributed by atoms with Crippen LogP contribution in [-0.4, -0.2) is 64.7 Å². The van der Waals surface area contributed by atoms with Gasteiger partial charge in [-0.2, -0.15) is 9.40 Å². The third-order valence-corrected chi connectivity index (χ3v) is 7.44. The highest BCUT2D eigenvalue weighted by Gasteiger charge is 2.41. The summed E-state index contributed by atoms with van der Waals surface area (Å²) in [6.07, 6.45) is 6.35. The molecule has 0 unspecified atom stereocenters. The van der Waals surface area contributed by atoms with Gasteiger partial charge in [0, 0.05) is 32.7 Å². The Hall–Kier alpha value is -1.41. The molecule has 0 aromatic carbocycles. The Morgan fingerprint density at radius 2 is 1.83 bits per heavy atom. The molecule has 1 saturated heterocycles. The second kappa shape index (κ2) is 5.59. The van der Waals surface area contributed by atoms with Gasteiger partial charge in [0.05, 0.1) is 22.7 Å². The lowest BCUT2D eigenvalue weighted by molar-refractivity contribution is 0.0696. The number of aromatic nitrogens is 2. The normalized spacial score (nSPS) is 22.9. The molecule has 3 heterocycles. The van der Waals surface area contributed by atoms with E-state index in [0.717, 1.165) is 44.3 Å². The van der Waals surface area contributed by atoms with Crippen molar-refractivity contribution in [3.8, 4) is 0 Å². The van der Waals surface area contributed by atoms with E-state index in [1.807, 2.05) is 4.68 Å². The van der Waals surface area contributed by atoms with Gasteiger partial charge in [-0.25, -0.2) is 8.42 Å². The van der Waals surface area contributed by atoms with Crippen LogP contribution in [0.1, 0.15) is 41.7 Å². The Labute approximate surface area is 136 Å².